The third kappa shape index (κ3) is 3.74. The summed E-state index contributed by atoms with van der Waals surface area (Å²) in [6.45, 7) is 2.30. The van der Waals surface area contributed by atoms with Crippen LogP contribution in [0.15, 0.2) is 42.5 Å². The molecule has 1 atom stereocenters. The molecule has 1 unspecified atom stereocenters. The first-order chi connectivity index (χ1) is 12.9. The lowest BCUT2D eigenvalue weighted by atomic mass is 10.1. The highest BCUT2D eigenvalue weighted by Crippen LogP contribution is 2.28. The van der Waals surface area contributed by atoms with Gasteiger partial charge in [0.1, 0.15) is 11.5 Å². The summed E-state index contributed by atoms with van der Waals surface area (Å²) < 4.78 is 1.99. The number of hydrogen-bond acceptors (Lipinski definition) is 5. The summed E-state index contributed by atoms with van der Waals surface area (Å²) >= 11 is 0. The van der Waals surface area contributed by atoms with Gasteiger partial charge in [0.05, 0.1) is 16.0 Å². The van der Waals surface area contributed by atoms with Gasteiger partial charge in [-0.05, 0) is 23.8 Å². The number of imidazole rings is 1. The van der Waals surface area contributed by atoms with E-state index in [1.54, 1.807) is 19.2 Å². The van der Waals surface area contributed by atoms with Gasteiger partial charge in [-0.25, -0.2) is 4.98 Å². The number of primary amides is 1. The van der Waals surface area contributed by atoms with E-state index in [2.05, 4.69) is 10.3 Å². The Hall–Kier alpha value is -3.42. The summed E-state index contributed by atoms with van der Waals surface area (Å²) in [5.74, 6) is 0.173. The highest BCUT2D eigenvalue weighted by Gasteiger charge is 2.20. The molecule has 0 aliphatic heterocycles. The Balaban J connectivity index is 2.07. The summed E-state index contributed by atoms with van der Waals surface area (Å²) in [5, 5.41) is 14.2. The molecule has 2 aromatic carbocycles. The molecule has 8 nitrogen and oxygen atoms in total. The van der Waals surface area contributed by atoms with Gasteiger partial charge < -0.3 is 15.6 Å². The second-order valence-corrected chi connectivity index (χ2v) is 6.47. The van der Waals surface area contributed by atoms with Gasteiger partial charge in [-0.2, -0.15) is 0 Å². The fraction of sp³-hybridized carbons (Fsp3) is 0.263. The van der Waals surface area contributed by atoms with Crippen molar-refractivity contribution in [2.75, 3.05) is 12.4 Å². The lowest BCUT2D eigenvalue weighted by Gasteiger charge is -2.14. The Labute approximate surface area is 156 Å². The van der Waals surface area contributed by atoms with Gasteiger partial charge in [0.25, 0.3) is 5.69 Å². The van der Waals surface area contributed by atoms with Crippen molar-refractivity contribution in [2.45, 2.75) is 25.8 Å². The maximum atomic E-state index is 11.4. The second-order valence-electron chi connectivity index (χ2n) is 6.47. The smallest absolute Gasteiger partial charge is 0.292 e. The first kappa shape index (κ1) is 18.4. The van der Waals surface area contributed by atoms with E-state index in [9.17, 15) is 14.9 Å². The summed E-state index contributed by atoms with van der Waals surface area (Å²) in [7, 11) is 1.65. The van der Waals surface area contributed by atoms with Crippen molar-refractivity contribution in [3.8, 4) is 0 Å². The molecule has 140 valence electrons. The summed E-state index contributed by atoms with van der Waals surface area (Å²) in [4.78, 5) is 27.0. The minimum absolute atomic E-state index is 0.0196. The van der Waals surface area contributed by atoms with E-state index in [0.717, 1.165) is 22.4 Å². The first-order valence-electron chi connectivity index (χ1n) is 8.59. The molecule has 1 amide bonds. The summed E-state index contributed by atoms with van der Waals surface area (Å²) in [6.07, 6.45) is 0.183. The van der Waals surface area contributed by atoms with Crippen LogP contribution in [0.25, 0.3) is 11.0 Å². The maximum Gasteiger partial charge on any atom is 0.292 e. The predicted molar refractivity (Wildman–Crippen MR) is 104 cm³/mol. The minimum atomic E-state index is -0.405. The van der Waals surface area contributed by atoms with E-state index in [4.69, 9.17) is 5.73 Å². The van der Waals surface area contributed by atoms with Crippen LogP contribution in [-0.2, 0) is 11.3 Å². The van der Waals surface area contributed by atoms with Gasteiger partial charge in [0, 0.05) is 32.0 Å². The quantitative estimate of drug-likeness (QED) is 0.492. The molecule has 3 rings (SSSR count). The van der Waals surface area contributed by atoms with Gasteiger partial charge in [0.15, 0.2) is 0 Å². The molecule has 0 saturated carbocycles. The number of nitro benzene ring substituents is 1. The Bertz CT molecular complexity index is 1010. The molecule has 1 heterocycles. The molecule has 1 aromatic heterocycles. The summed E-state index contributed by atoms with van der Waals surface area (Å²) in [6, 6.07) is 12.8. The van der Waals surface area contributed by atoms with Crippen LogP contribution >= 0.6 is 0 Å². The third-order valence-electron chi connectivity index (χ3n) is 4.50. The summed E-state index contributed by atoms with van der Waals surface area (Å²) in [5.41, 5.74) is 8.33. The lowest BCUT2D eigenvalue weighted by molar-refractivity contribution is -0.384. The highest BCUT2D eigenvalue weighted by atomic mass is 16.6. The number of nitro groups is 1. The van der Waals surface area contributed by atoms with Crippen LogP contribution in [0.2, 0.25) is 0 Å². The van der Waals surface area contributed by atoms with Gasteiger partial charge in [0.2, 0.25) is 5.91 Å². The Morgan fingerprint density at radius 2 is 2.07 bits per heavy atom. The number of benzene rings is 2. The van der Waals surface area contributed by atoms with Crippen molar-refractivity contribution < 1.29 is 9.72 Å². The number of anilines is 1. The van der Waals surface area contributed by atoms with E-state index >= 15 is 0 Å². The highest BCUT2D eigenvalue weighted by molar-refractivity contribution is 5.77. The molecule has 0 spiro atoms. The fourth-order valence-corrected chi connectivity index (χ4v) is 3.25. The average Bonchev–Trinajstić information content (AvgIpc) is 3.00. The number of nitrogens with zero attached hydrogens (tertiary/aromatic N) is 3. The number of rotatable bonds is 7. The molecular weight excluding hydrogens is 346 g/mol. The number of para-hydroxylation sites is 2. The SMILES string of the molecule is CNc1ccc(Cn2c(C(C)CC(N)=O)nc3ccccc32)cc1[N+](=O)[O-]. The average molecular weight is 367 g/mol. The topological polar surface area (TPSA) is 116 Å². The van der Waals surface area contributed by atoms with Crippen molar-refractivity contribution in [3.05, 3.63) is 64.0 Å². The Morgan fingerprint density at radius 1 is 1.33 bits per heavy atom. The number of amides is 1. The zero-order chi connectivity index (χ0) is 19.6. The molecule has 0 bridgehead atoms. The van der Waals surface area contributed by atoms with Gasteiger partial charge in [-0.15, -0.1) is 0 Å². The molecule has 3 N–H and O–H groups in total. The van der Waals surface area contributed by atoms with Crippen molar-refractivity contribution >= 4 is 28.3 Å². The van der Waals surface area contributed by atoms with Crippen LogP contribution in [0, 0.1) is 10.1 Å². The standard InChI is InChI=1S/C19H21N5O3/c1-12(9-18(20)25)19-22-15-5-3-4-6-16(15)23(19)11-13-7-8-14(21-2)17(10-13)24(26)27/h3-8,10,12,21H,9,11H2,1-2H3,(H2,20,25). The van der Waals surface area contributed by atoms with Crippen molar-refractivity contribution in [3.63, 3.8) is 0 Å². The van der Waals surface area contributed by atoms with E-state index in [0.29, 0.717) is 12.2 Å². The van der Waals surface area contributed by atoms with Gasteiger partial charge in [-0.1, -0.05) is 25.1 Å². The minimum Gasteiger partial charge on any atom is -0.383 e. The zero-order valence-electron chi connectivity index (χ0n) is 15.2. The first-order valence-corrected chi connectivity index (χ1v) is 8.59. The molecule has 0 fully saturated rings. The van der Waals surface area contributed by atoms with E-state index < -0.39 is 10.8 Å². The number of aromatic nitrogens is 2. The molecule has 0 aliphatic rings. The molecule has 0 saturated heterocycles. The van der Waals surface area contributed by atoms with Crippen LogP contribution in [-0.4, -0.2) is 27.4 Å². The molecule has 27 heavy (non-hydrogen) atoms. The number of nitrogens with two attached hydrogens (primary N) is 1. The fourth-order valence-electron chi connectivity index (χ4n) is 3.25. The number of nitrogens with one attached hydrogen (secondary N) is 1. The molecular formula is C19H21N5O3. The van der Waals surface area contributed by atoms with E-state index in [-0.39, 0.29) is 18.0 Å². The zero-order valence-corrected chi connectivity index (χ0v) is 15.2. The second kappa shape index (κ2) is 7.45. The van der Waals surface area contributed by atoms with Crippen molar-refractivity contribution in [1.29, 1.82) is 0 Å². The number of fused-ring (bicyclic) bond motifs is 1. The number of carbonyl (C=O) groups excluding carboxylic acids is 1. The van der Waals surface area contributed by atoms with E-state index in [1.807, 2.05) is 41.8 Å². The molecule has 0 radical (unpaired) electrons. The van der Waals surface area contributed by atoms with Crippen molar-refractivity contribution in [1.82, 2.24) is 9.55 Å². The Morgan fingerprint density at radius 3 is 2.74 bits per heavy atom. The van der Waals surface area contributed by atoms with Gasteiger partial charge in [-0.3, -0.25) is 14.9 Å². The van der Waals surface area contributed by atoms with Gasteiger partial charge >= 0.3 is 0 Å². The lowest BCUT2D eigenvalue weighted by Crippen LogP contribution is -2.17. The Kier molecular flexibility index (Phi) is 5.07. The maximum absolute atomic E-state index is 11.4. The predicted octanol–water partition coefficient (Wildman–Crippen LogP) is 3.01. The molecule has 3 aromatic rings. The molecule has 8 heteroatoms. The number of carbonyl (C=O) groups is 1. The third-order valence-corrected chi connectivity index (χ3v) is 4.50. The van der Waals surface area contributed by atoms with Crippen molar-refractivity contribution in [2.24, 2.45) is 5.73 Å². The number of hydrogen-bond donors (Lipinski definition) is 2. The normalized spacial score (nSPS) is 12.1. The van der Waals surface area contributed by atoms with Crippen LogP contribution in [0.4, 0.5) is 11.4 Å². The van der Waals surface area contributed by atoms with Crippen LogP contribution < -0.4 is 11.1 Å². The largest absolute Gasteiger partial charge is 0.383 e. The van der Waals surface area contributed by atoms with Crippen LogP contribution in [0.3, 0.4) is 0 Å². The van der Waals surface area contributed by atoms with E-state index in [1.165, 1.54) is 0 Å². The molecule has 0 aliphatic carbocycles. The monoisotopic (exact) mass is 367 g/mol. The van der Waals surface area contributed by atoms with Crippen LogP contribution in [0.1, 0.15) is 30.7 Å². The van der Waals surface area contributed by atoms with Crippen LogP contribution in [0.5, 0.6) is 0 Å².